The van der Waals surface area contributed by atoms with Crippen molar-refractivity contribution in [2.24, 2.45) is 0 Å². The highest BCUT2D eigenvalue weighted by Crippen LogP contribution is 2.42. The van der Waals surface area contributed by atoms with E-state index in [0.29, 0.717) is 23.0 Å². The van der Waals surface area contributed by atoms with Crippen molar-refractivity contribution in [3.05, 3.63) is 0 Å². The molecule has 0 fully saturated rings. The average molecular weight is 352 g/mol. The van der Waals surface area contributed by atoms with E-state index in [0.717, 1.165) is 0 Å². The summed E-state index contributed by atoms with van der Waals surface area (Å²) in [6, 6.07) is 0. The van der Waals surface area contributed by atoms with Crippen molar-refractivity contribution >= 4 is 33.1 Å². The molecule has 0 aliphatic carbocycles. The summed E-state index contributed by atoms with van der Waals surface area (Å²) in [6.45, 7) is -1.26. The van der Waals surface area contributed by atoms with Crippen molar-refractivity contribution < 1.29 is 33.6 Å². The van der Waals surface area contributed by atoms with Gasteiger partial charge in [0.15, 0.2) is 0 Å². The highest BCUT2D eigenvalue weighted by Gasteiger charge is 2.66. The van der Waals surface area contributed by atoms with Crippen LogP contribution in [-0.2, 0) is 12.6 Å². The van der Waals surface area contributed by atoms with Gasteiger partial charge < -0.3 is 5.11 Å². The predicted octanol–water partition coefficient (Wildman–Crippen LogP) is 1.29. The Labute approximate surface area is 91.1 Å². The minimum atomic E-state index is -5.69. The Balaban J connectivity index is 5.14. The lowest BCUT2D eigenvalue weighted by atomic mass is 10.2. The summed E-state index contributed by atoms with van der Waals surface area (Å²) in [5.74, 6) is -4.87. The third-order valence-electron chi connectivity index (χ3n) is 1.25. The van der Waals surface area contributed by atoms with Gasteiger partial charge in [-0.2, -0.15) is 28.5 Å². The van der Waals surface area contributed by atoms with Crippen LogP contribution in [0.5, 0.6) is 0 Å². The van der Waals surface area contributed by atoms with Crippen LogP contribution in [0.25, 0.3) is 0 Å². The quantitative estimate of drug-likeness (QED) is 0.599. The van der Waals surface area contributed by atoms with Gasteiger partial charge in [0.1, 0.15) is 23.0 Å². The molecule has 0 saturated carbocycles. The Hall–Kier alpha value is 0.320. The van der Waals surface area contributed by atoms with Crippen molar-refractivity contribution in [3.63, 3.8) is 0 Å². The molecule has 0 amide bonds. The van der Waals surface area contributed by atoms with Gasteiger partial charge in [0.25, 0.3) is 0 Å². The summed E-state index contributed by atoms with van der Waals surface area (Å²) in [5.41, 5.74) is 0. The third kappa shape index (κ3) is 2.46. The fraction of sp³-hybridized carbons (Fsp3) is 1.00. The zero-order valence-electron chi connectivity index (χ0n) is 6.38. The molecule has 0 radical (unpaired) electrons. The fourth-order valence-corrected chi connectivity index (χ4v) is 1.73. The van der Waals surface area contributed by atoms with Crippen LogP contribution in [0.2, 0.25) is 0 Å². The lowest BCUT2D eigenvalue weighted by Crippen LogP contribution is -2.47. The van der Waals surface area contributed by atoms with Gasteiger partial charge in [-0.25, -0.2) is 0 Å². The first kappa shape index (κ1) is 14.3. The van der Waals surface area contributed by atoms with Crippen molar-refractivity contribution in [2.75, 3.05) is 6.61 Å². The summed E-state index contributed by atoms with van der Waals surface area (Å²) in [4.78, 5) is 0. The number of aliphatic hydroxyl groups excluding tert-OH is 1. The summed E-state index contributed by atoms with van der Waals surface area (Å²) >= 11 is 0.560. The molecule has 0 aliphatic heterocycles. The fourth-order valence-electron chi connectivity index (χ4n) is 0.508. The van der Waals surface area contributed by atoms with Crippen LogP contribution in [0.4, 0.5) is 17.6 Å². The molecule has 0 saturated heterocycles. The van der Waals surface area contributed by atoms with Gasteiger partial charge in [-0.15, -0.1) is 0 Å². The van der Waals surface area contributed by atoms with Crippen LogP contribution in [0.3, 0.4) is 0 Å². The number of hydrogen-bond donors (Lipinski definition) is 1. The normalized spacial score (nSPS) is 14.4. The summed E-state index contributed by atoms with van der Waals surface area (Å²) in [6.07, 6.45) is -1.67. The maximum absolute atomic E-state index is 12.6. The molecule has 0 spiro atoms. The van der Waals surface area contributed by atoms with Gasteiger partial charge in [0.05, 0.1) is 0 Å². The Morgan fingerprint density at radius 1 is 1.29 bits per heavy atom. The van der Waals surface area contributed by atoms with Gasteiger partial charge in [-0.05, 0) is 0 Å². The minimum absolute atomic E-state index is 0.560. The molecule has 0 unspecified atom stereocenters. The second kappa shape index (κ2) is 4.45. The average Bonchev–Trinajstić information content (AvgIpc) is 2.03. The molecule has 0 aromatic rings. The first-order valence-electron chi connectivity index (χ1n) is 3.03. The van der Waals surface area contributed by atoms with Gasteiger partial charge in [-0.1, -0.05) is 0 Å². The lowest BCUT2D eigenvalue weighted by Gasteiger charge is -2.23. The molecule has 0 heterocycles. The monoisotopic (exact) mass is 352 g/mol. The molecule has 0 aromatic heterocycles. The molecule has 86 valence electrons. The molecule has 1 N–H and O–H groups in total. The molecule has 0 rings (SSSR count). The van der Waals surface area contributed by atoms with Gasteiger partial charge in [0.2, 0.25) is 0 Å². The first-order chi connectivity index (χ1) is 6.12. The molecule has 0 aliphatic rings. The maximum atomic E-state index is 12.6. The van der Waals surface area contributed by atoms with Crippen LogP contribution in [0.1, 0.15) is 6.42 Å². The number of alkyl halides is 4. The standard InChI is InChI=1S/C4H5F4IO4S/c5-3(6,1-2-10)4(7,8)14(11,12)13-9/h10H,1-2H2. The third-order valence-corrected chi connectivity index (χ3v) is 3.76. The largest absolute Gasteiger partial charge is 0.432 e. The van der Waals surface area contributed by atoms with E-state index in [9.17, 15) is 26.0 Å². The predicted molar refractivity (Wildman–Crippen MR) is 45.6 cm³/mol. The Morgan fingerprint density at radius 2 is 1.71 bits per heavy atom. The van der Waals surface area contributed by atoms with Gasteiger partial charge >= 0.3 is 21.3 Å². The smallest absolute Gasteiger partial charge is 0.396 e. The molecule has 14 heavy (non-hydrogen) atoms. The number of hydrogen-bond acceptors (Lipinski definition) is 4. The molecule has 0 bridgehead atoms. The van der Waals surface area contributed by atoms with E-state index in [1.807, 2.05) is 0 Å². The molecule has 10 heteroatoms. The first-order valence-corrected chi connectivity index (χ1v) is 5.32. The van der Waals surface area contributed by atoms with Crippen LogP contribution >= 0.6 is 23.0 Å². The van der Waals surface area contributed by atoms with E-state index in [-0.39, 0.29) is 0 Å². The van der Waals surface area contributed by atoms with Gasteiger partial charge in [-0.3, -0.25) is 0 Å². The minimum Gasteiger partial charge on any atom is -0.396 e. The molecule has 4 nitrogen and oxygen atoms in total. The van der Waals surface area contributed by atoms with Crippen molar-refractivity contribution in [2.45, 2.75) is 17.6 Å². The van der Waals surface area contributed by atoms with Gasteiger partial charge in [0, 0.05) is 13.0 Å². The molecular weight excluding hydrogens is 347 g/mol. The Kier molecular flexibility index (Phi) is 4.55. The lowest BCUT2D eigenvalue weighted by molar-refractivity contribution is -0.167. The summed E-state index contributed by atoms with van der Waals surface area (Å²) in [5, 5.41) is 2.70. The van der Waals surface area contributed by atoms with E-state index in [4.69, 9.17) is 5.11 Å². The number of rotatable bonds is 5. The zero-order valence-corrected chi connectivity index (χ0v) is 9.36. The van der Waals surface area contributed by atoms with Crippen LogP contribution in [0.15, 0.2) is 0 Å². The Bertz CT molecular complexity index is 290. The van der Waals surface area contributed by atoms with E-state index in [2.05, 4.69) is 2.51 Å². The van der Waals surface area contributed by atoms with Crippen LogP contribution in [0, 0.1) is 0 Å². The number of aliphatic hydroxyl groups is 1. The topological polar surface area (TPSA) is 63.6 Å². The number of halogens is 5. The second-order valence-corrected chi connectivity index (χ2v) is 4.84. The highest BCUT2D eigenvalue weighted by molar-refractivity contribution is 14.1. The van der Waals surface area contributed by atoms with E-state index >= 15 is 0 Å². The molecular formula is C4H5F4IO4S. The SMILES string of the molecule is O=S(=O)(OI)C(F)(F)C(F)(F)CCO. The zero-order chi connectivity index (χ0) is 11.6. The van der Waals surface area contributed by atoms with Crippen molar-refractivity contribution in [3.8, 4) is 0 Å². The highest BCUT2D eigenvalue weighted by atomic mass is 127. The van der Waals surface area contributed by atoms with Crippen molar-refractivity contribution in [1.82, 2.24) is 0 Å². The van der Waals surface area contributed by atoms with E-state index < -0.39 is 34.3 Å². The maximum Gasteiger partial charge on any atom is 0.432 e. The van der Waals surface area contributed by atoms with Crippen LogP contribution in [-0.4, -0.2) is 31.3 Å². The summed E-state index contributed by atoms with van der Waals surface area (Å²) in [7, 11) is -5.69. The summed E-state index contributed by atoms with van der Waals surface area (Å²) < 4.78 is 74.3. The molecule has 0 aromatic carbocycles. The second-order valence-electron chi connectivity index (χ2n) is 2.21. The van der Waals surface area contributed by atoms with Crippen molar-refractivity contribution in [1.29, 1.82) is 0 Å². The van der Waals surface area contributed by atoms with Crippen LogP contribution < -0.4 is 0 Å². The van der Waals surface area contributed by atoms with E-state index in [1.165, 1.54) is 0 Å². The molecule has 0 atom stereocenters. The van der Waals surface area contributed by atoms with E-state index in [1.54, 1.807) is 0 Å². The Morgan fingerprint density at radius 3 is 2.00 bits per heavy atom.